The van der Waals surface area contributed by atoms with Crippen LogP contribution in [-0.2, 0) is 19.3 Å². The second-order valence-corrected chi connectivity index (χ2v) is 6.17. The normalized spacial score (nSPS) is 11.2. The van der Waals surface area contributed by atoms with E-state index in [2.05, 4.69) is 47.8 Å². The number of benzene rings is 1. The summed E-state index contributed by atoms with van der Waals surface area (Å²) in [5.41, 5.74) is 5.64. The Morgan fingerprint density at radius 3 is 2.38 bits per heavy atom. The SMILES string of the molecule is CCc1cc2sc(Br)nc2c(CC)c1CC. The molecule has 86 valence electrons. The van der Waals surface area contributed by atoms with Crippen molar-refractivity contribution < 1.29 is 0 Å². The molecule has 0 aliphatic heterocycles. The minimum Gasteiger partial charge on any atom is -0.229 e. The third-order valence-electron chi connectivity index (χ3n) is 3.06. The molecule has 0 radical (unpaired) electrons. The molecular weight excluding hydrogens is 282 g/mol. The third kappa shape index (κ3) is 1.91. The molecule has 0 bridgehead atoms. The average molecular weight is 298 g/mol. The molecule has 0 aliphatic rings. The standard InChI is InChI=1S/C13H16BrNS/c1-4-8-7-11-12(15-13(14)16-11)10(6-3)9(8)5-2/h7H,4-6H2,1-3H3. The van der Waals surface area contributed by atoms with E-state index in [4.69, 9.17) is 0 Å². The van der Waals surface area contributed by atoms with Gasteiger partial charge in [0.2, 0.25) is 0 Å². The van der Waals surface area contributed by atoms with Crippen LogP contribution in [0.4, 0.5) is 0 Å². The van der Waals surface area contributed by atoms with Crippen molar-refractivity contribution in [3.05, 3.63) is 26.7 Å². The van der Waals surface area contributed by atoms with Crippen LogP contribution in [0.15, 0.2) is 9.98 Å². The van der Waals surface area contributed by atoms with Gasteiger partial charge in [0, 0.05) is 0 Å². The van der Waals surface area contributed by atoms with Crippen LogP contribution < -0.4 is 0 Å². The van der Waals surface area contributed by atoms with Crippen molar-refractivity contribution in [2.45, 2.75) is 40.0 Å². The Bertz CT molecular complexity index is 516. The van der Waals surface area contributed by atoms with Gasteiger partial charge in [0.05, 0.1) is 10.2 Å². The van der Waals surface area contributed by atoms with E-state index in [0.717, 1.165) is 23.2 Å². The highest BCUT2D eigenvalue weighted by Gasteiger charge is 2.13. The van der Waals surface area contributed by atoms with E-state index in [1.807, 2.05) is 0 Å². The summed E-state index contributed by atoms with van der Waals surface area (Å²) in [5.74, 6) is 0. The quantitative estimate of drug-likeness (QED) is 0.797. The van der Waals surface area contributed by atoms with Gasteiger partial charge in [-0.25, -0.2) is 4.98 Å². The second-order valence-electron chi connectivity index (χ2n) is 3.87. The number of nitrogens with zero attached hydrogens (tertiary/aromatic N) is 1. The fourth-order valence-electron chi connectivity index (χ4n) is 2.34. The fourth-order valence-corrected chi connectivity index (χ4v) is 3.82. The van der Waals surface area contributed by atoms with Gasteiger partial charge in [0.1, 0.15) is 0 Å². The Labute approximate surface area is 109 Å². The Morgan fingerprint density at radius 1 is 1.12 bits per heavy atom. The molecule has 0 N–H and O–H groups in total. The van der Waals surface area contributed by atoms with Gasteiger partial charge in [-0.15, -0.1) is 11.3 Å². The van der Waals surface area contributed by atoms with Crippen LogP contribution in [0.1, 0.15) is 37.5 Å². The van der Waals surface area contributed by atoms with Crippen molar-refractivity contribution >= 4 is 37.5 Å². The van der Waals surface area contributed by atoms with Crippen LogP contribution >= 0.6 is 27.3 Å². The zero-order valence-corrected chi connectivity index (χ0v) is 12.3. The number of thiazole rings is 1. The first-order chi connectivity index (χ1) is 7.71. The average Bonchev–Trinajstić information content (AvgIpc) is 2.66. The zero-order valence-electron chi connectivity index (χ0n) is 9.93. The Hall–Kier alpha value is -0.410. The molecule has 0 saturated carbocycles. The van der Waals surface area contributed by atoms with Crippen LogP contribution in [0.5, 0.6) is 0 Å². The van der Waals surface area contributed by atoms with Gasteiger partial charge < -0.3 is 0 Å². The highest BCUT2D eigenvalue weighted by molar-refractivity contribution is 9.11. The van der Waals surface area contributed by atoms with Crippen LogP contribution in [0.3, 0.4) is 0 Å². The first-order valence-corrected chi connectivity index (χ1v) is 7.41. The summed E-state index contributed by atoms with van der Waals surface area (Å²) in [7, 11) is 0. The summed E-state index contributed by atoms with van der Waals surface area (Å²) in [6, 6.07) is 2.32. The maximum absolute atomic E-state index is 4.60. The first-order valence-electron chi connectivity index (χ1n) is 5.80. The molecule has 3 heteroatoms. The molecule has 1 aromatic carbocycles. The van der Waals surface area contributed by atoms with E-state index in [-0.39, 0.29) is 0 Å². The predicted molar refractivity (Wildman–Crippen MR) is 75.5 cm³/mol. The molecule has 0 unspecified atom stereocenters. The molecular formula is C13H16BrNS. The number of halogens is 1. The van der Waals surface area contributed by atoms with E-state index in [1.165, 1.54) is 26.9 Å². The van der Waals surface area contributed by atoms with Gasteiger partial charge in [0.25, 0.3) is 0 Å². The number of aryl methyl sites for hydroxylation is 2. The molecule has 2 rings (SSSR count). The summed E-state index contributed by atoms with van der Waals surface area (Å²) < 4.78 is 2.31. The zero-order chi connectivity index (χ0) is 11.7. The van der Waals surface area contributed by atoms with E-state index in [0.29, 0.717) is 0 Å². The summed E-state index contributed by atoms with van der Waals surface area (Å²) in [6.07, 6.45) is 3.29. The molecule has 0 atom stereocenters. The lowest BCUT2D eigenvalue weighted by atomic mass is 9.95. The number of hydrogen-bond donors (Lipinski definition) is 0. The Kier molecular flexibility index (Phi) is 3.65. The van der Waals surface area contributed by atoms with E-state index in [9.17, 15) is 0 Å². The van der Waals surface area contributed by atoms with Crippen LogP contribution in [0.2, 0.25) is 0 Å². The van der Waals surface area contributed by atoms with Crippen molar-refractivity contribution in [1.82, 2.24) is 4.98 Å². The number of fused-ring (bicyclic) bond motifs is 1. The fraction of sp³-hybridized carbons (Fsp3) is 0.462. The van der Waals surface area contributed by atoms with Gasteiger partial charge in [-0.2, -0.15) is 0 Å². The molecule has 2 aromatic rings. The Balaban J connectivity index is 2.81. The summed E-state index contributed by atoms with van der Waals surface area (Å²) in [4.78, 5) is 4.60. The van der Waals surface area contributed by atoms with E-state index in [1.54, 1.807) is 11.3 Å². The van der Waals surface area contributed by atoms with Crippen molar-refractivity contribution in [3.8, 4) is 0 Å². The predicted octanol–water partition coefficient (Wildman–Crippen LogP) is 4.75. The minimum absolute atomic E-state index is 0.993. The summed E-state index contributed by atoms with van der Waals surface area (Å²) in [6.45, 7) is 6.69. The van der Waals surface area contributed by atoms with Gasteiger partial charge in [-0.05, 0) is 57.9 Å². The van der Waals surface area contributed by atoms with Crippen molar-refractivity contribution in [2.24, 2.45) is 0 Å². The molecule has 0 spiro atoms. The molecule has 0 fully saturated rings. The van der Waals surface area contributed by atoms with Gasteiger partial charge >= 0.3 is 0 Å². The van der Waals surface area contributed by atoms with Gasteiger partial charge in [0.15, 0.2) is 3.92 Å². The van der Waals surface area contributed by atoms with Crippen LogP contribution in [0, 0.1) is 0 Å². The maximum atomic E-state index is 4.60. The number of aromatic nitrogens is 1. The topological polar surface area (TPSA) is 12.9 Å². The summed E-state index contributed by atoms with van der Waals surface area (Å²) >= 11 is 5.22. The van der Waals surface area contributed by atoms with Gasteiger partial charge in [-0.3, -0.25) is 0 Å². The Morgan fingerprint density at radius 2 is 1.81 bits per heavy atom. The molecule has 1 heterocycles. The molecule has 1 nitrogen and oxygen atoms in total. The van der Waals surface area contributed by atoms with Crippen molar-refractivity contribution in [2.75, 3.05) is 0 Å². The lowest BCUT2D eigenvalue weighted by molar-refractivity contribution is 0.990. The molecule has 1 aromatic heterocycles. The largest absolute Gasteiger partial charge is 0.229 e. The third-order valence-corrected chi connectivity index (χ3v) is 4.51. The lowest BCUT2D eigenvalue weighted by Crippen LogP contribution is -1.98. The van der Waals surface area contributed by atoms with Crippen molar-refractivity contribution in [1.29, 1.82) is 0 Å². The monoisotopic (exact) mass is 297 g/mol. The van der Waals surface area contributed by atoms with Crippen molar-refractivity contribution in [3.63, 3.8) is 0 Å². The highest BCUT2D eigenvalue weighted by Crippen LogP contribution is 2.33. The molecule has 0 amide bonds. The molecule has 0 aliphatic carbocycles. The smallest absolute Gasteiger partial charge is 0.160 e. The maximum Gasteiger partial charge on any atom is 0.160 e. The number of hydrogen-bond acceptors (Lipinski definition) is 2. The minimum atomic E-state index is 0.993. The lowest BCUT2D eigenvalue weighted by Gasteiger charge is -2.12. The van der Waals surface area contributed by atoms with Gasteiger partial charge in [-0.1, -0.05) is 20.8 Å². The van der Waals surface area contributed by atoms with Crippen LogP contribution in [-0.4, -0.2) is 4.98 Å². The number of rotatable bonds is 3. The molecule has 0 saturated heterocycles. The molecule has 16 heavy (non-hydrogen) atoms. The van der Waals surface area contributed by atoms with E-state index < -0.39 is 0 Å². The first kappa shape index (κ1) is 12.1. The second kappa shape index (κ2) is 4.84. The highest BCUT2D eigenvalue weighted by atomic mass is 79.9. The van der Waals surface area contributed by atoms with Crippen LogP contribution in [0.25, 0.3) is 10.2 Å². The summed E-state index contributed by atoms with van der Waals surface area (Å²) in [5, 5.41) is 0. The van der Waals surface area contributed by atoms with E-state index >= 15 is 0 Å².